The highest BCUT2D eigenvalue weighted by atomic mass is 32.7. The van der Waals surface area contributed by atoms with Gasteiger partial charge in [0.15, 0.2) is 9.84 Å². The van der Waals surface area contributed by atoms with Crippen molar-refractivity contribution >= 4 is 28.0 Å². The molecular weight excluding hydrogens is 271 g/mol. The van der Waals surface area contributed by atoms with Crippen LogP contribution in [-0.4, -0.2) is 38.9 Å². The first kappa shape index (κ1) is 16.4. The zero-order valence-electron chi connectivity index (χ0n) is 9.84. The Balaban J connectivity index is 4.18. The van der Waals surface area contributed by atoms with Gasteiger partial charge in [-0.15, -0.1) is 0 Å². The van der Waals surface area contributed by atoms with E-state index in [0.717, 1.165) is 11.4 Å². The first-order valence-corrected chi connectivity index (χ1v) is 10.1. The molecule has 0 aromatic heterocycles. The van der Waals surface area contributed by atoms with E-state index in [-0.39, 0.29) is 30.5 Å². The normalized spacial score (nSPS) is 12.9. The molecule has 0 aliphatic rings. The lowest BCUT2D eigenvalue weighted by atomic mass is 10.9. The van der Waals surface area contributed by atoms with Crippen LogP contribution in [0.5, 0.6) is 0 Å². The summed E-state index contributed by atoms with van der Waals surface area (Å²) in [6.45, 7) is 2.42. The molecule has 16 heavy (non-hydrogen) atoms. The Morgan fingerprint density at radius 1 is 1.12 bits per heavy atom. The van der Waals surface area contributed by atoms with E-state index in [4.69, 9.17) is 9.05 Å². The van der Waals surface area contributed by atoms with Gasteiger partial charge < -0.3 is 9.05 Å². The molecule has 0 aliphatic carbocycles. The van der Waals surface area contributed by atoms with Gasteiger partial charge in [0.1, 0.15) is 0 Å². The van der Waals surface area contributed by atoms with Gasteiger partial charge in [-0.25, -0.2) is 13.0 Å². The largest absolute Gasteiger partial charge is 0.389 e. The molecule has 0 amide bonds. The summed E-state index contributed by atoms with van der Waals surface area (Å²) < 4.78 is 44.4. The molecule has 0 N–H and O–H groups in total. The van der Waals surface area contributed by atoms with Gasteiger partial charge in [-0.05, 0) is 25.2 Å². The SMILES string of the molecule is CCOP(=O)(OCC)SCCS(=O)(=O)CC. The Morgan fingerprint density at radius 2 is 1.62 bits per heavy atom. The molecule has 0 saturated heterocycles. The van der Waals surface area contributed by atoms with Crippen molar-refractivity contribution in [2.24, 2.45) is 0 Å². The maximum atomic E-state index is 11.9. The minimum atomic E-state index is -3.16. The predicted octanol–water partition coefficient (Wildman–Crippen LogP) is 2.34. The van der Waals surface area contributed by atoms with Crippen LogP contribution in [0.2, 0.25) is 0 Å². The first-order chi connectivity index (χ1) is 7.39. The maximum Gasteiger partial charge on any atom is 0.389 e. The van der Waals surface area contributed by atoms with Crippen LogP contribution in [0.3, 0.4) is 0 Å². The molecule has 5 nitrogen and oxygen atoms in total. The van der Waals surface area contributed by atoms with Gasteiger partial charge in [-0.3, -0.25) is 0 Å². The molecule has 8 heteroatoms. The van der Waals surface area contributed by atoms with Crippen LogP contribution >= 0.6 is 18.2 Å². The molecule has 0 unspecified atom stereocenters. The van der Waals surface area contributed by atoms with E-state index in [0.29, 0.717) is 0 Å². The van der Waals surface area contributed by atoms with E-state index in [2.05, 4.69) is 0 Å². The average molecular weight is 290 g/mol. The van der Waals surface area contributed by atoms with Crippen molar-refractivity contribution in [2.75, 3.05) is 30.5 Å². The summed E-state index contributed by atoms with van der Waals surface area (Å²) in [6.07, 6.45) is 0. The quantitative estimate of drug-likeness (QED) is 0.607. The highest BCUT2D eigenvalue weighted by Gasteiger charge is 2.25. The topological polar surface area (TPSA) is 69.7 Å². The Labute approximate surface area is 101 Å². The minimum Gasteiger partial charge on any atom is -0.301 e. The number of rotatable bonds is 9. The molecule has 0 bridgehead atoms. The molecular formula is C8H19O5PS2. The summed E-state index contributed by atoms with van der Waals surface area (Å²) in [5, 5.41) is 0. The predicted molar refractivity (Wildman–Crippen MR) is 67.6 cm³/mol. The lowest BCUT2D eigenvalue weighted by Gasteiger charge is -2.15. The van der Waals surface area contributed by atoms with E-state index < -0.39 is 16.6 Å². The van der Waals surface area contributed by atoms with Crippen molar-refractivity contribution in [1.82, 2.24) is 0 Å². The smallest absolute Gasteiger partial charge is 0.301 e. The van der Waals surface area contributed by atoms with Crippen molar-refractivity contribution in [3.63, 3.8) is 0 Å². The highest BCUT2D eigenvalue weighted by Crippen LogP contribution is 2.60. The van der Waals surface area contributed by atoms with Crippen LogP contribution in [0.25, 0.3) is 0 Å². The van der Waals surface area contributed by atoms with Crippen molar-refractivity contribution in [1.29, 1.82) is 0 Å². The number of sulfone groups is 1. The zero-order chi connectivity index (χ0) is 12.7. The molecule has 0 atom stereocenters. The van der Waals surface area contributed by atoms with Crippen molar-refractivity contribution < 1.29 is 22.0 Å². The third-order valence-electron chi connectivity index (χ3n) is 1.66. The summed E-state index contributed by atoms with van der Waals surface area (Å²) in [5.74, 6) is 0.326. The highest BCUT2D eigenvalue weighted by molar-refractivity contribution is 8.55. The first-order valence-electron chi connectivity index (χ1n) is 5.13. The Morgan fingerprint density at radius 3 is 2.00 bits per heavy atom. The summed E-state index contributed by atoms with van der Waals surface area (Å²) >= 11 is 0.947. The van der Waals surface area contributed by atoms with Gasteiger partial charge in [0.05, 0.1) is 19.0 Å². The van der Waals surface area contributed by atoms with Crippen LogP contribution in [0.15, 0.2) is 0 Å². The molecule has 0 aromatic carbocycles. The van der Waals surface area contributed by atoms with Gasteiger partial charge in [0.25, 0.3) is 0 Å². The lowest BCUT2D eigenvalue weighted by molar-refractivity contribution is 0.237. The van der Waals surface area contributed by atoms with Gasteiger partial charge in [-0.2, -0.15) is 0 Å². The van der Waals surface area contributed by atoms with Crippen molar-refractivity contribution in [3.05, 3.63) is 0 Å². The molecule has 0 fully saturated rings. The molecule has 0 radical (unpaired) electrons. The second-order valence-corrected chi connectivity index (χ2v) is 9.52. The minimum absolute atomic E-state index is 0.00168. The Bertz CT molecular complexity index is 317. The summed E-state index contributed by atoms with van der Waals surface area (Å²) in [6, 6.07) is 0. The fourth-order valence-corrected chi connectivity index (χ4v) is 5.95. The van der Waals surface area contributed by atoms with Crippen molar-refractivity contribution in [3.8, 4) is 0 Å². The molecule has 0 spiro atoms. The Hall–Kier alpha value is 0.450. The molecule has 0 rings (SSSR count). The maximum absolute atomic E-state index is 11.9. The molecule has 98 valence electrons. The summed E-state index contributed by atoms with van der Waals surface area (Å²) in [7, 11) is -3.02. The van der Waals surface area contributed by atoms with Gasteiger partial charge in [0, 0.05) is 11.5 Å². The fourth-order valence-electron chi connectivity index (χ4n) is 0.848. The molecule has 0 aliphatic heterocycles. The van der Waals surface area contributed by atoms with E-state index >= 15 is 0 Å². The zero-order valence-corrected chi connectivity index (χ0v) is 12.4. The van der Waals surface area contributed by atoms with Crippen LogP contribution in [0.1, 0.15) is 20.8 Å². The number of hydrogen-bond acceptors (Lipinski definition) is 6. The standard InChI is InChI=1S/C8H19O5PS2/c1-4-12-14(9,13-5-2)15-7-8-16(10,11)6-3/h4-8H2,1-3H3. The lowest BCUT2D eigenvalue weighted by Crippen LogP contribution is -2.10. The van der Waals surface area contributed by atoms with Gasteiger partial charge >= 0.3 is 6.80 Å². The average Bonchev–Trinajstić information content (AvgIpc) is 2.18. The van der Waals surface area contributed by atoms with E-state index in [1.807, 2.05) is 0 Å². The third kappa shape index (κ3) is 6.91. The fraction of sp³-hybridized carbons (Fsp3) is 1.00. The Kier molecular flexibility index (Phi) is 7.93. The molecule has 0 heterocycles. The second kappa shape index (κ2) is 7.71. The third-order valence-corrected chi connectivity index (χ3v) is 7.60. The van der Waals surface area contributed by atoms with Gasteiger partial charge in [-0.1, -0.05) is 6.92 Å². The monoisotopic (exact) mass is 290 g/mol. The van der Waals surface area contributed by atoms with Gasteiger partial charge in [0.2, 0.25) is 0 Å². The van der Waals surface area contributed by atoms with E-state index in [1.165, 1.54) is 0 Å². The van der Waals surface area contributed by atoms with Crippen LogP contribution in [-0.2, 0) is 23.4 Å². The van der Waals surface area contributed by atoms with E-state index in [9.17, 15) is 13.0 Å². The van der Waals surface area contributed by atoms with Crippen molar-refractivity contribution in [2.45, 2.75) is 20.8 Å². The number of hydrogen-bond donors (Lipinski definition) is 0. The molecule has 0 aromatic rings. The van der Waals surface area contributed by atoms with Crippen LogP contribution < -0.4 is 0 Å². The molecule has 0 saturated carbocycles. The van der Waals surface area contributed by atoms with E-state index in [1.54, 1.807) is 20.8 Å². The summed E-state index contributed by atoms with van der Waals surface area (Å²) in [4.78, 5) is 0. The summed E-state index contributed by atoms with van der Waals surface area (Å²) in [5.41, 5.74) is 0. The second-order valence-electron chi connectivity index (χ2n) is 2.85. The van der Waals surface area contributed by atoms with Crippen LogP contribution in [0, 0.1) is 0 Å². The van der Waals surface area contributed by atoms with Crippen LogP contribution in [0.4, 0.5) is 0 Å².